The fraction of sp³-hybridized carbons (Fsp3) is 0.400. The van der Waals surface area contributed by atoms with E-state index in [4.69, 9.17) is 0 Å². The van der Waals surface area contributed by atoms with Gasteiger partial charge in [-0.25, -0.2) is 0 Å². The molecule has 0 aromatic heterocycles. The van der Waals surface area contributed by atoms with Crippen molar-refractivity contribution in [1.82, 2.24) is 0 Å². The van der Waals surface area contributed by atoms with Gasteiger partial charge in [0.05, 0.1) is 0 Å². The second-order valence-corrected chi connectivity index (χ2v) is 5.06. The molecule has 0 saturated heterocycles. The highest BCUT2D eigenvalue weighted by Crippen LogP contribution is 2.30. The summed E-state index contributed by atoms with van der Waals surface area (Å²) in [5, 5.41) is 0. The standard InChI is InChI=1S/C10H14S2/c1-2-3-9-11-12-10-7-5-4-6-8-10/h4-8H,2-3,9H2,1H3. The Morgan fingerprint density at radius 2 is 1.92 bits per heavy atom. The van der Waals surface area contributed by atoms with E-state index in [1.807, 2.05) is 21.6 Å². The summed E-state index contributed by atoms with van der Waals surface area (Å²) in [6.45, 7) is 2.23. The summed E-state index contributed by atoms with van der Waals surface area (Å²) in [6.07, 6.45) is 2.62. The predicted octanol–water partition coefficient (Wildman–Crippen LogP) is 4.23. The molecule has 2 heteroatoms. The smallest absolute Gasteiger partial charge is 0.0182 e. The molecular formula is C10H14S2. The van der Waals surface area contributed by atoms with Crippen molar-refractivity contribution in [3.8, 4) is 0 Å². The number of hydrogen-bond acceptors (Lipinski definition) is 2. The summed E-state index contributed by atoms with van der Waals surface area (Å²) in [7, 11) is 3.82. The molecule has 0 saturated carbocycles. The summed E-state index contributed by atoms with van der Waals surface area (Å²) < 4.78 is 0. The largest absolute Gasteiger partial charge is 0.0890 e. The van der Waals surface area contributed by atoms with Crippen molar-refractivity contribution in [1.29, 1.82) is 0 Å². The predicted molar refractivity (Wildman–Crippen MR) is 59.7 cm³/mol. The van der Waals surface area contributed by atoms with Crippen LogP contribution in [0, 0.1) is 0 Å². The Bertz CT molecular complexity index is 196. The molecule has 0 radical (unpaired) electrons. The molecule has 0 nitrogen and oxygen atoms in total. The lowest BCUT2D eigenvalue weighted by molar-refractivity contribution is 0.898. The Labute approximate surface area is 82.5 Å². The van der Waals surface area contributed by atoms with Crippen molar-refractivity contribution < 1.29 is 0 Å². The highest BCUT2D eigenvalue weighted by Gasteiger charge is 1.91. The van der Waals surface area contributed by atoms with Gasteiger partial charge < -0.3 is 0 Å². The van der Waals surface area contributed by atoms with Crippen LogP contribution < -0.4 is 0 Å². The van der Waals surface area contributed by atoms with Gasteiger partial charge >= 0.3 is 0 Å². The van der Waals surface area contributed by atoms with Gasteiger partial charge in [-0.15, -0.1) is 0 Å². The third-order valence-corrected chi connectivity index (χ3v) is 3.95. The van der Waals surface area contributed by atoms with Crippen LogP contribution in [0.2, 0.25) is 0 Å². The van der Waals surface area contributed by atoms with Gasteiger partial charge in [-0.05, 0) is 18.6 Å². The molecule has 66 valence electrons. The molecular weight excluding hydrogens is 184 g/mol. The fourth-order valence-electron chi connectivity index (χ4n) is 0.789. The third-order valence-electron chi connectivity index (χ3n) is 1.48. The minimum absolute atomic E-state index is 1.26. The first-order valence-electron chi connectivity index (χ1n) is 4.28. The molecule has 0 aliphatic rings. The van der Waals surface area contributed by atoms with E-state index in [1.54, 1.807) is 0 Å². The zero-order valence-corrected chi connectivity index (χ0v) is 8.96. The summed E-state index contributed by atoms with van der Waals surface area (Å²) in [4.78, 5) is 1.36. The van der Waals surface area contributed by atoms with Crippen LogP contribution in [0.1, 0.15) is 19.8 Å². The first kappa shape index (κ1) is 10.0. The number of unbranched alkanes of at least 4 members (excludes halogenated alkanes) is 1. The third kappa shape index (κ3) is 4.07. The Balaban J connectivity index is 2.16. The van der Waals surface area contributed by atoms with Gasteiger partial charge in [-0.1, -0.05) is 53.1 Å². The number of benzene rings is 1. The summed E-state index contributed by atoms with van der Waals surface area (Å²) in [5.41, 5.74) is 0. The molecule has 0 amide bonds. The summed E-state index contributed by atoms with van der Waals surface area (Å²) in [5.74, 6) is 1.26. The van der Waals surface area contributed by atoms with Crippen molar-refractivity contribution >= 4 is 21.6 Å². The van der Waals surface area contributed by atoms with Gasteiger partial charge in [0.25, 0.3) is 0 Å². The topological polar surface area (TPSA) is 0 Å². The fourth-order valence-corrected chi connectivity index (χ4v) is 3.03. The lowest BCUT2D eigenvalue weighted by Gasteiger charge is -1.98. The molecule has 1 rings (SSSR count). The van der Waals surface area contributed by atoms with Gasteiger partial charge in [0.15, 0.2) is 0 Å². The van der Waals surface area contributed by atoms with Gasteiger partial charge in [-0.3, -0.25) is 0 Å². The molecule has 0 unspecified atom stereocenters. The van der Waals surface area contributed by atoms with E-state index in [0.29, 0.717) is 0 Å². The summed E-state index contributed by atoms with van der Waals surface area (Å²) >= 11 is 0. The van der Waals surface area contributed by atoms with Crippen LogP contribution >= 0.6 is 21.6 Å². The van der Waals surface area contributed by atoms with Crippen LogP contribution in [0.3, 0.4) is 0 Å². The van der Waals surface area contributed by atoms with E-state index in [0.717, 1.165) is 0 Å². The van der Waals surface area contributed by atoms with Crippen LogP contribution in [-0.2, 0) is 0 Å². The first-order chi connectivity index (χ1) is 5.93. The van der Waals surface area contributed by atoms with Gasteiger partial charge in [0, 0.05) is 10.6 Å². The Kier molecular flexibility index (Phi) is 5.37. The monoisotopic (exact) mass is 198 g/mol. The quantitative estimate of drug-likeness (QED) is 0.513. The molecule has 0 aliphatic carbocycles. The second kappa shape index (κ2) is 6.44. The zero-order chi connectivity index (χ0) is 8.65. The van der Waals surface area contributed by atoms with E-state index < -0.39 is 0 Å². The normalized spacial score (nSPS) is 10.1. The van der Waals surface area contributed by atoms with Crippen LogP contribution in [0.25, 0.3) is 0 Å². The average Bonchev–Trinajstić information content (AvgIpc) is 2.14. The van der Waals surface area contributed by atoms with Gasteiger partial charge in [0.1, 0.15) is 0 Å². The maximum Gasteiger partial charge on any atom is 0.0182 e. The Hall–Kier alpha value is -0.0800. The Morgan fingerprint density at radius 1 is 1.17 bits per heavy atom. The lowest BCUT2D eigenvalue weighted by atomic mass is 10.4. The van der Waals surface area contributed by atoms with Crippen molar-refractivity contribution in [2.45, 2.75) is 24.7 Å². The molecule has 0 fully saturated rings. The molecule has 0 N–H and O–H groups in total. The highest BCUT2D eigenvalue weighted by atomic mass is 33.1. The number of rotatable bonds is 5. The van der Waals surface area contributed by atoms with Crippen LogP contribution in [-0.4, -0.2) is 5.75 Å². The van der Waals surface area contributed by atoms with Crippen molar-refractivity contribution in [3.05, 3.63) is 30.3 Å². The van der Waals surface area contributed by atoms with Crippen LogP contribution in [0.4, 0.5) is 0 Å². The maximum atomic E-state index is 2.23. The molecule has 1 aromatic carbocycles. The van der Waals surface area contributed by atoms with Crippen molar-refractivity contribution in [2.75, 3.05) is 5.75 Å². The SMILES string of the molecule is CCCCSSc1ccccc1. The van der Waals surface area contributed by atoms with E-state index in [1.165, 1.54) is 23.5 Å². The minimum atomic E-state index is 1.26. The van der Waals surface area contributed by atoms with Gasteiger partial charge in [-0.2, -0.15) is 0 Å². The van der Waals surface area contributed by atoms with E-state index in [-0.39, 0.29) is 0 Å². The zero-order valence-electron chi connectivity index (χ0n) is 7.32. The Morgan fingerprint density at radius 3 is 2.58 bits per heavy atom. The molecule has 12 heavy (non-hydrogen) atoms. The lowest BCUT2D eigenvalue weighted by Crippen LogP contribution is -1.73. The van der Waals surface area contributed by atoms with E-state index in [9.17, 15) is 0 Å². The molecule has 0 heterocycles. The first-order valence-corrected chi connectivity index (χ1v) is 6.60. The van der Waals surface area contributed by atoms with Gasteiger partial charge in [0.2, 0.25) is 0 Å². The molecule has 1 aromatic rings. The highest BCUT2D eigenvalue weighted by molar-refractivity contribution is 8.76. The molecule has 0 bridgehead atoms. The van der Waals surface area contributed by atoms with Crippen LogP contribution in [0.15, 0.2) is 35.2 Å². The van der Waals surface area contributed by atoms with Crippen molar-refractivity contribution in [3.63, 3.8) is 0 Å². The average molecular weight is 198 g/mol. The second-order valence-electron chi connectivity index (χ2n) is 2.57. The molecule has 0 spiro atoms. The minimum Gasteiger partial charge on any atom is -0.0890 e. The number of hydrogen-bond donors (Lipinski definition) is 0. The van der Waals surface area contributed by atoms with Crippen LogP contribution in [0.5, 0.6) is 0 Å². The van der Waals surface area contributed by atoms with E-state index >= 15 is 0 Å². The van der Waals surface area contributed by atoms with Crippen molar-refractivity contribution in [2.24, 2.45) is 0 Å². The summed E-state index contributed by atoms with van der Waals surface area (Å²) in [6, 6.07) is 10.5. The molecule has 0 aliphatic heterocycles. The molecule has 0 atom stereocenters. The van der Waals surface area contributed by atoms with E-state index in [2.05, 4.69) is 37.3 Å². The maximum absolute atomic E-state index is 2.23.